The van der Waals surface area contributed by atoms with Gasteiger partial charge in [-0.15, -0.1) is 11.8 Å². The molecule has 0 radical (unpaired) electrons. The number of fused-ring (bicyclic) bond motifs is 1. The third-order valence-corrected chi connectivity index (χ3v) is 5.06. The number of carbonyl (C=O) groups is 2. The Morgan fingerprint density at radius 1 is 1.00 bits per heavy atom. The maximum atomic E-state index is 12.4. The zero-order chi connectivity index (χ0) is 19.2. The summed E-state index contributed by atoms with van der Waals surface area (Å²) in [4.78, 5) is 25.9. The van der Waals surface area contributed by atoms with Crippen LogP contribution in [0.25, 0.3) is 10.8 Å². The van der Waals surface area contributed by atoms with Gasteiger partial charge in [0.25, 0.3) is 0 Å². The van der Waals surface area contributed by atoms with Crippen molar-refractivity contribution in [1.29, 1.82) is 0 Å². The summed E-state index contributed by atoms with van der Waals surface area (Å²) >= 11 is 1.61. The van der Waals surface area contributed by atoms with Crippen LogP contribution in [0.4, 0.5) is 5.69 Å². The topological polar surface area (TPSA) is 58.2 Å². The first-order valence-corrected chi connectivity index (χ1v) is 10.00. The van der Waals surface area contributed by atoms with E-state index in [0.29, 0.717) is 0 Å². The Hall–Kier alpha value is -2.79. The number of thioether (sulfide) groups is 1. The van der Waals surface area contributed by atoms with Crippen molar-refractivity contribution in [1.82, 2.24) is 5.32 Å². The van der Waals surface area contributed by atoms with Gasteiger partial charge in [-0.3, -0.25) is 9.59 Å². The van der Waals surface area contributed by atoms with Gasteiger partial charge in [-0.25, -0.2) is 0 Å². The second kappa shape index (κ2) is 8.73. The molecule has 5 heteroatoms. The van der Waals surface area contributed by atoms with Gasteiger partial charge >= 0.3 is 0 Å². The predicted octanol–water partition coefficient (Wildman–Crippen LogP) is 4.25. The van der Waals surface area contributed by atoms with E-state index < -0.39 is 6.04 Å². The molecule has 0 saturated heterocycles. The Bertz CT molecular complexity index is 966. The van der Waals surface area contributed by atoms with Gasteiger partial charge in [-0.1, -0.05) is 48.5 Å². The molecular formula is C22H22N2O2S. The van der Waals surface area contributed by atoms with E-state index in [1.807, 2.05) is 73.0 Å². The average molecular weight is 378 g/mol. The number of benzene rings is 3. The van der Waals surface area contributed by atoms with Crippen LogP contribution in [0.15, 0.2) is 71.6 Å². The van der Waals surface area contributed by atoms with Crippen LogP contribution < -0.4 is 10.6 Å². The molecule has 0 aliphatic rings. The maximum Gasteiger partial charge on any atom is 0.246 e. The molecule has 0 spiro atoms. The van der Waals surface area contributed by atoms with Crippen LogP contribution in [0, 0.1) is 0 Å². The molecule has 3 aromatic carbocycles. The fourth-order valence-corrected chi connectivity index (χ4v) is 3.39. The first-order chi connectivity index (χ1) is 13.1. The molecule has 2 amide bonds. The molecule has 27 heavy (non-hydrogen) atoms. The molecule has 3 rings (SSSR count). The zero-order valence-corrected chi connectivity index (χ0v) is 16.2. The highest BCUT2D eigenvalue weighted by Gasteiger charge is 2.16. The van der Waals surface area contributed by atoms with E-state index in [0.717, 1.165) is 26.9 Å². The highest BCUT2D eigenvalue weighted by molar-refractivity contribution is 7.98. The predicted molar refractivity (Wildman–Crippen MR) is 112 cm³/mol. The molecule has 138 valence electrons. The third-order valence-electron chi connectivity index (χ3n) is 4.34. The standard InChI is InChI=1S/C22H22N2O2S/c1-15(22(26)24-18-10-6-11-19(14-18)27-2)23-21(25)13-17-9-5-8-16-7-3-4-12-20(16)17/h3-12,14-15H,13H2,1-2H3,(H,23,25)(H,24,26)/t15-/m0/s1. The Morgan fingerprint density at radius 3 is 2.56 bits per heavy atom. The monoisotopic (exact) mass is 378 g/mol. The fourth-order valence-electron chi connectivity index (χ4n) is 2.93. The molecule has 3 aromatic rings. The SMILES string of the molecule is CSc1cccc(NC(=O)[C@H](C)NC(=O)Cc2cccc3ccccc23)c1. The van der Waals surface area contributed by atoms with E-state index >= 15 is 0 Å². The maximum absolute atomic E-state index is 12.4. The summed E-state index contributed by atoms with van der Waals surface area (Å²) < 4.78 is 0. The Balaban J connectivity index is 1.62. The number of hydrogen-bond acceptors (Lipinski definition) is 3. The van der Waals surface area contributed by atoms with Crippen molar-refractivity contribution in [3.63, 3.8) is 0 Å². The molecule has 0 aliphatic carbocycles. The molecule has 4 nitrogen and oxygen atoms in total. The van der Waals surface area contributed by atoms with E-state index in [4.69, 9.17) is 0 Å². The zero-order valence-electron chi connectivity index (χ0n) is 15.4. The minimum Gasteiger partial charge on any atom is -0.344 e. The molecule has 0 saturated carbocycles. The lowest BCUT2D eigenvalue weighted by atomic mass is 10.0. The van der Waals surface area contributed by atoms with Gasteiger partial charge in [-0.2, -0.15) is 0 Å². The smallest absolute Gasteiger partial charge is 0.246 e. The van der Waals surface area contributed by atoms with E-state index in [2.05, 4.69) is 10.6 Å². The Kier molecular flexibility index (Phi) is 6.14. The number of anilines is 1. The van der Waals surface area contributed by atoms with E-state index in [1.165, 1.54) is 0 Å². The molecule has 0 aromatic heterocycles. The molecule has 0 heterocycles. The van der Waals surface area contributed by atoms with Crippen LogP contribution in [0.2, 0.25) is 0 Å². The summed E-state index contributed by atoms with van der Waals surface area (Å²) in [5, 5.41) is 7.79. The summed E-state index contributed by atoms with van der Waals surface area (Å²) in [5.41, 5.74) is 1.67. The van der Waals surface area contributed by atoms with Crippen molar-refractivity contribution < 1.29 is 9.59 Å². The molecule has 0 unspecified atom stereocenters. The summed E-state index contributed by atoms with van der Waals surface area (Å²) in [6.45, 7) is 1.69. The van der Waals surface area contributed by atoms with Gasteiger partial charge in [0.2, 0.25) is 11.8 Å². The number of carbonyl (C=O) groups excluding carboxylic acids is 2. The number of amides is 2. The van der Waals surface area contributed by atoms with Gasteiger partial charge in [-0.05, 0) is 47.7 Å². The third kappa shape index (κ3) is 4.89. The Labute approximate surface area is 163 Å². The largest absolute Gasteiger partial charge is 0.344 e. The van der Waals surface area contributed by atoms with Gasteiger partial charge in [0.05, 0.1) is 6.42 Å². The normalized spacial score (nSPS) is 11.8. The van der Waals surface area contributed by atoms with Crippen LogP contribution >= 0.6 is 11.8 Å². The van der Waals surface area contributed by atoms with Crippen LogP contribution in [0.1, 0.15) is 12.5 Å². The van der Waals surface area contributed by atoms with Crippen LogP contribution in [0.5, 0.6) is 0 Å². The first-order valence-electron chi connectivity index (χ1n) is 8.78. The number of nitrogens with one attached hydrogen (secondary N) is 2. The van der Waals surface area contributed by atoms with Gasteiger partial charge in [0, 0.05) is 10.6 Å². The van der Waals surface area contributed by atoms with Crippen molar-refractivity contribution in [2.45, 2.75) is 24.3 Å². The molecule has 0 bridgehead atoms. The van der Waals surface area contributed by atoms with E-state index in [-0.39, 0.29) is 18.2 Å². The molecule has 0 fully saturated rings. The van der Waals surface area contributed by atoms with Gasteiger partial charge in [0.15, 0.2) is 0 Å². The summed E-state index contributed by atoms with van der Waals surface area (Å²) in [7, 11) is 0. The van der Waals surface area contributed by atoms with Gasteiger partial charge < -0.3 is 10.6 Å². The summed E-state index contributed by atoms with van der Waals surface area (Å²) in [6, 6.07) is 20.9. The molecule has 2 N–H and O–H groups in total. The van der Waals surface area contributed by atoms with E-state index in [1.54, 1.807) is 18.7 Å². The van der Waals surface area contributed by atoms with Crippen LogP contribution in [-0.2, 0) is 16.0 Å². The summed E-state index contributed by atoms with van der Waals surface area (Å²) in [6.07, 6.45) is 2.22. The lowest BCUT2D eigenvalue weighted by Crippen LogP contribution is -2.42. The number of hydrogen-bond donors (Lipinski definition) is 2. The van der Waals surface area contributed by atoms with Crippen molar-refractivity contribution in [2.75, 3.05) is 11.6 Å². The van der Waals surface area contributed by atoms with Crippen molar-refractivity contribution in [2.24, 2.45) is 0 Å². The second-order valence-corrected chi connectivity index (χ2v) is 7.21. The fraction of sp³-hybridized carbons (Fsp3) is 0.182. The minimum absolute atomic E-state index is 0.174. The van der Waals surface area contributed by atoms with Crippen LogP contribution in [0.3, 0.4) is 0 Å². The van der Waals surface area contributed by atoms with Gasteiger partial charge in [0.1, 0.15) is 6.04 Å². The lowest BCUT2D eigenvalue weighted by molar-refractivity contribution is -0.125. The quantitative estimate of drug-likeness (QED) is 0.631. The second-order valence-electron chi connectivity index (χ2n) is 6.33. The number of rotatable bonds is 6. The first kappa shape index (κ1) is 19.0. The average Bonchev–Trinajstić information content (AvgIpc) is 2.68. The van der Waals surface area contributed by atoms with Crippen LogP contribution in [-0.4, -0.2) is 24.1 Å². The van der Waals surface area contributed by atoms with E-state index in [9.17, 15) is 9.59 Å². The van der Waals surface area contributed by atoms with Crippen molar-refractivity contribution in [3.05, 3.63) is 72.3 Å². The molecule has 1 atom stereocenters. The highest BCUT2D eigenvalue weighted by atomic mass is 32.2. The lowest BCUT2D eigenvalue weighted by Gasteiger charge is -2.15. The van der Waals surface area contributed by atoms with Crippen molar-refractivity contribution in [3.8, 4) is 0 Å². The highest BCUT2D eigenvalue weighted by Crippen LogP contribution is 2.20. The molecular weight excluding hydrogens is 356 g/mol. The van der Waals surface area contributed by atoms with Crippen molar-refractivity contribution >= 4 is 40.0 Å². The Morgan fingerprint density at radius 2 is 1.74 bits per heavy atom. The minimum atomic E-state index is -0.620. The molecule has 0 aliphatic heterocycles. The summed E-state index contributed by atoms with van der Waals surface area (Å²) in [5.74, 6) is -0.411.